The van der Waals surface area contributed by atoms with Crippen LogP contribution < -0.4 is 10.6 Å². The van der Waals surface area contributed by atoms with E-state index < -0.39 is 9.84 Å². The minimum Gasteiger partial charge on any atom is -0.357 e. The van der Waals surface area contributed by atoms with E-state index in [-0.39, 0.29) is 29.9 Å². The summed E-state index contributed by atoms with van der Waals surface area (Å²) in [6.07, 6.45) is 7.48. The average Bonchev–Trinajstić information content (AvgIpc) is 3.31. The van der Waals surface area contributed by atoms with Gasteiger partial charge in [0.1, 0.15) is 0 Å². The number of nitrogens with zero attached hydrogens (tertiary/aromatic N) is 4. The highest BCUT2D eigenvalue weighted by Gasteiger charge is 2.30. The quantitative estimate of drug-likeness (QED) is 0.506. The number of nitrogens with one attached hydrogen (secondary N) is 2. The second-order valence-electron chi connectivity index (χ2n) is 7.94. The molecule has 10 heteroatoms. The molecule has 1 aromatic heterocycles. The fourth-order valence-corrected chi connectivity index (χ4v) is 5.67. The number of imidazole rings is 1. The monoisotopic (exact) mass is 424 g/mol. The fraction of sp³-hybridized carbons (Fsp3) is 0.737. The predicted molar refractivity (Wildman–Crippen MR) is 112 cm³/mol. The lowest BCUT2D eigenvalue weighted by molar-refractivity contribution is -0.121. The van der Waals surface area contributed by atoms with Gasteiger partial charge in [-0.25, -0.2) is 13.4 Å². The lowest BCUT2D eigenvalue weighted by Crippen LogP contribution is -2.49. The average molecular weight is 425 g/mol. The Bertz CT molecular complexity index is 808. The molecular weight excluding hydrogens is 392 g/mol. The molecule has 0 aromatic carbocycles. The third kappa shape index (κ3) is 5.94. The number of sulfone groups is 1. The normalized spacial score (nSPS) is 27.0. The summed E-state index contributed by atoms with van der Waals surface area (Å²) in [6, 6.07) is 0.0759. The maximum Gasteiger partial charge on any atom is 0.222 e. The first-order valence-electron chi connectivity index (χ1n) is 10.4. The fourth-order valence-electron chi connectivity index (χ4n) is 3.99. The molecule has 0 spiro atoms. The van der Waals surface area contributed by atoms with Gasteiger partial charge in [0, 0.05) is 44.5 Å². The van der Waals surface area contributed by atoms with Crippen LogP contribution in [0.4, 0.5) is 0 Å². The second-order valence-corrected chi connectivity index (χ2v) is 10.2. The van der Waals surface area contributed by atoms with Crippen LogP contribution in [0, 0.1) is 5.92 Å². The van der Waals surface area contributed by atoms with Crippen LogP contribution in [0.3, 0.4) is 0 Å². The van der Waals surface area contributed by atoms with E-state index in [1.54, 1.807) is 6.20 Å². The molecule has 0 bridgehead atoms. The Hall–Kier alpha value is -2.10. The van der Waals surface area contributed by atoms with Crippen LogP contribution in [0.1, 0.15) is 39.2 Å². The van der Waals surface area contributed by atoms with E-state index in [4.69, 9.17) is 0 Å². The molecule has 9 nitrogen and oxygen atoms in total. The Morgan fingerprint density at radius 3 is 2.83 bits per heavy atom. The summed E-state index contributed by atoms with van der Waals surface area (Å²) in [7, 11) is -2.99. The highest BCUT2D eigenvalue weighted by molar-refractivity contribution is 7.91. The van der Waals surface area contributed by atoms with E-state index in [9.17, 15) is 13.2 Å². The number of carbonyl (C=O) groups is 1. The van der Waals surface area contributed by atoms with Gasteiger partial charge in [-0.1, -0.05) is 6.92 Å². The third-order valence-electron chi connectivity index (χ3n) is 5.66. The summed E-state index contributed by atoms with van der Waals surface area (Å²) in [4.78, 5) is 23.2. The molecule has 3 atom stereocenters. The zero-order valence-electron chi connectivity index (χ0n) is 17.2. The molecular formula is C19H32N6O3S. The molecule has 162 valence electrons. The number of rotatable bonds is 6. The standard InChI is InChI=1S/C19H32N6O3S/c1-3-21-19(22-7-4-18(26)23-16-6-11-29(27,28)13-16)24-9-5-15(2)17(12-24)25-10-8-20-14-25/h8,10,14-17H,3-7,9,11-13H2,1-2H3,(H,21,22)(H,23,26). The van der Waals surface area contributed by atoms with Crippen molar-refractivity contribution in [2.75, 3.05) is 37.7 Å². The number of carbonyl (C=O) groups excluding carboxylic acids is 1. The molecule has 2 N–H and O–H groups in total. The van der Waals surface area contributed by atoms with Crippen LogP contribution in [0.25, 0.3) is 0 Å². The van der Waals surface area contributed by atoms with Crippen molar-refractivity contribution in [3.63, 3.8) is 0 Å². The first kappa shape index (κ1) is 21.6. The van der Waals surface area contributed by atoms with E-state index in [0.717, 1.165) is 32.0 Å². The number of aromatic nitrogens is 2. The minimum absolute atomic E-state index is 0.0479. The number of guanidine groups is 1. The maximum absolute atomic E-state index is 12.2. The van der Waals surface area contributed by atoms with Crippen LogP contribution in [0.5, 0.6) is 0 Å². The van der Waals surface area contributed by atoms with Gasteiger partial charge in [-0.15, -0.1) is 0 Å². The van der Waals surface area contributed by atoms with E-state index in [1.165, 1.54) is 0 Å². The molecule has 1 amide bonds. The lowest BCUT2D eigenvalue weighted by Gasteiger charge is -2.39. The van der Waals surface area contributed by atoms with Crippen LogP contribution in [-0.4, -0.2) is 78.5 Å². The van der Waals surface area contributed by atoms with Gasteiger partial charge in [0.2, 0.25) is 5.91 Å². The molecule has 0 aliphatic carbocycles. The second kappa shape index (κ2) is 9.60. The summed E-state index contributed by atoms with van der Waals surface area (Å²) in [5.41, 5.74) is 0. The molecule has 1 aromatic rings. The van der Waals surface area contributed by atoms with Crippen LogP contribution in [0.2, 0.25) is 0 Å². The third-order valence-corrected chi connectivity index (χ3v) is 7.43. The lowest BCUT2D eigenvalue weighted by atomic mass is 9.93. The summed E-state index contributed by atoms with van der Waals surface area (Å²) < 4.78 is 25.2. The number of likely N-dealkylation sites (tertiary alicyclic amines) is 1. The number of hydrogen-bond donors (Lipinski definition) is 2. The first-order valence-corrected chi connectivity index (χ1v) is 12.2. The van der Waals surface area contributed by atoms with Gasteiger partial charge in [0.25, 0.3) is 0 Å². The molecule has 3 heterocycles. The predicted octanol–water partition coefficient (Wildman–Crippen LogP) is 0.425. The van der Waals surface area contributed by atoms with Crippen LogP contribution >= 0.6 is 0 Å². The topological polar surface area (TPSA) is 109 Å². The number of aliphatic imine (C=N–C) groups is 1. The Labute approximate surface area is 172 Å². The molecule has 29 heavy (non-hydrogen) atoms. The number of hydrogen-bond acceptors (Lipinski definition) is 5. The van der Waals surface area contributed by atoms with Gasteiger partial charge in [-0.05, 0) is 25.7 Å². The molecule has 2 aliphatic heterocycles. The first-order chi connectivity index (χ1) is 13.9. The number of piperidine rings is 1. The van der Waals surface area contributed by atoms with Crippen LogP contribution in [-0.2, 0) is 14.6 Å². The van der Waals surface area contributed by atoms with Crippen molar-refractivity contribution in [1.82, 2.24) is 25.1 Å². The minimum atomic E-state index is -2.99. The van der Waals surface area contributed by atoms with Gasteiger partial charge < -0.3 is 20.1 Å². The molecule has 3 unspecified atom stereocenters. The van der Waals surface area contributed by atoms with Gasteiger partial charge in [0.15, 0.2) is 15.8 Å². The zero-order chi connectivity index (χ0) is 20.9. The molecule has 2 saturated heterocycles. The van der Waals surface area contributed by atoms with Crippen molar-refractivity contribution in [2.45, 2.75) is 45.2 Å². The van der Waals surface area contributed by atoms with E-state index in [1.807, 2.05) is 19.4 Å². The SMILES string of the molecule is CCNC(=NCCC(=O)NC1CCS(=O)(=O)C1)N1CCC(C)C(n2ccnc2)C1. The molecule has 2 fully saturated rings. The summed E-state index contributed by atoms with van der Waals surface area (Å²) in [6.45, 7) is 7.18. The zero-order valence-corrected chi connectivity index (χ0v) is 18.1. The van der Waals surface area contributed by atoms with E-state index in [2.05, 4.69) is 37.0 Å². The number of amides is 1. The summed E-state index contributed by atoms with van der Waals surface area (Å²) in [5.74, 6) is 1.44. The van der Waals surface area contributed by atoms with Crippen molar-refractivity contribution in [3.05, 3.63) is 18.7 Å². The molecule has 0 saturated carbocycles. The Balaban J connectivity index is 1.54. The largest absolute Gasteiger partial charge is 0.357 e. The van der Waals surface area contributed by atoms with E-state index in [0.29, 0.717) is 24.9 Å². The molecule has 2 aliphatic rings. The highest BCUT2D eigenvalue weighted by Crippen LogP contribution is 2.27. The summed E-state index contributed by atoms with van der Waals surface area (Å²) in [5, 5.41) is 6.15. The van der Waals surface area contributed by atoms with E-state index >= 15 is 0 Å². The smallest absolute Gasteiger partial charge is 0.222 e. The maximum atomic E-state index is 12.2. The Morgan fingerprint density at radius 2 is 2.17 bits per heavy atom. The van der Waals surface area contributed by atoms with Crippen molar-refractivity contribution in [2.24, 2.45) is 10.9 Å². The Morgan fingerprint density at radius 1 is 1.34 bits per heavy atom. The van der Waals surface area contributed by atoms with Crippen molar-refractivity contribution >= 4 is 21.7 Å². The molecule has 0 radical (unpaired) electrons. The van der Waals surface area contributed by atoms with Crippen LogP contribution in [0.15, 0.2) is 23.7 Å². The van der Waals surface area contributed by atoms with Crippen molar-refractivity contribution < 1.29 is 13.2 Å². The molecule has 3 rings (SSSR count). The highest BCUT2D eigenvalue weighted by atomic mass is 32.2. The summed E-state index contributed by atoms with van der Waals surface area (Å²) >= 11 is 0. The van der Waals surface area contributed by atoms with Gasteiger partial charge in [0.05, 0.1) is 30.4 Å². The van der Waals surface area contributed by atoms with Crippen molar-refractivity contribution in [3.8, 4) is 0 Å². The van der Waals surface area contributed by atoms with Gasteiger partial charge >= 0.3 is 0 Å². The van der Waals surface area contributed by atoms with Gasteiger partial charge in [-0.2, -0.15) is 0 Å². The van der Waals surface area contributed by atoms with Crippen molar-refractivity contribution in [1.29, 1.82) is 0 Å². The van der Waals surface area contributed by atoms with Gasteiger partial charge in [-0.3, -0.25) is 9.79 Å². The Kier molecular flexibility index (Phi) is 7.15.